The second-order valence-corrected chi connectivity index (χ2v) is 6.21. The molecule has 0 saturated heterocycles. The van der Waals surface area contributed by atoms with Crippen molar-refractivity contribution in [3.8, 4) is 0 Å². The van der Waals surface area contributed by atoms with Gasteiger partial charge in [0.15, 0.2) is 0 Å². The Labute approximate surface area is 103 Å². The van der Waals surface area contributed by atoms with Gasteiger partial charge in [0.2, 0.25) is 0 Å². The fourth-order valence-electron chi connectivity index (χ4n) is 2.18. The average Bonchev–Trinajstić information content (AvgIpc) is 2.55. The number of nitrogens with zero attached hydrogens (tertiary/aromatic N) is 1. The molecule has 1 fully saturated rings. The Balaban J connectivity index is 2.18. The van der Waals surface area contributed by atoms with Crippen molar-refractivity contribution in [3.63, 3.8) is 0 Å². The number of aromatic nitrogens is 1. The molecule has 0 bridgehead atoms. The average molecular weight is 290 g/mol. The Bertz CT molecular complexity index is 341. The van der Waals surface area contributed by atoms with Crippen LogP contribution in [0.4, 0.5) is 0 Å². The van der Waals surface area contributed by atoms with E-state index >= 15 is 0 Å². The Morgan fingerprint density at radius 2 is 2.33 bits per heavy atom. The van der Waals surface area contributed by atoms with E-state index in [4.69, 9.17) is 0 Å². The van der Waals surface area contributed by atoms with Gasteiger partial charge in [0, 0.05) is 5.38 Å². The summed E-state index contributed by atoms with van der Waals surface area (Å²) in [5.41, 5.74) is -0.665. The Morgan fingerprint density at radius 3 is 3.00 bits per heavy atom. The lowest BCUT2D eigenvalue weighted by molar-refractivity contribution is 0.0195. The molecule has 1 aliphatic carbocycles. The fourth-order valence-corrected chi connectivity index (χ4v) is 3.59. The second-order valence-electron chi connectivity index (χ2n) is 4.54. The number of hydrogen-bond acceptors (Lipinski definition) is 3. The molecule has 2 unspecified atom stereocenters. The molecular weight excluding hydrogens is 274 g/mol. The first-order chi connectivity index (χ1) is 7.10. The van der Waals surface area contributed by atoms with Gasteiger partial charge in [-0.25, -0.2) is 4.98 Å². The van der Waals surface area contributed by atoms with E-state index in [1.54, 1.807) is 11.3 Å². The number of halogens is 1. The first-order valence-electron chi connectivity index (χ1n) is 5.44. The van der Waals surface area contributed by atoms with E-state index in [0.29, 0.717) is 0 Å². The van der Waals surface area contributed by atoms with Crippen LogP contribution in [0.5, 0.6) is 0 Å². The maximum atomic E-state index is 10.6. The Hall–Kier alpha value is 0.0700. The molecule has 1 aromatic rings. The molecule has 0 aliphatic heterocycles. The van der Waals surface area contributed by atoms with Crippen LogP contribution in [0.15, 0.2) is 9.98 Å². The van der Waals surface area contributed by atoms with Gasteiger partial charge in [0.05, 0.1) is 0 Å². The normalized spacial score (nSPS) is 32.6. The molecule has 0 radical (unpaired) electrons. The first-order valence-corrected chi connectivity index (χ1v) is 7.11. The minimum absolute atomic E-state index is 0.665. The van der Waals surface area contributed by atoms with E-state index < -0.39 is 5.60 Å². The van der Waals surface area contributed by atoms with Gasteiger partial charge in [0.1, 0.15) is 15.2 Å². The maximum Gasteiger partial charge on any atom is 0.126 e. The van der Waals surface area contributed by atoms with Gasteiger partial charge in [0.25, 0.3) is 0 Å². The van der Waals surface area contributed by atoms with E-state index in [0.717, 1.165) is 41.2 Å². The van der Waals surface area contributed by atoms with Crippen molar-refractivity contribution in [3.05, 3.63) is 15.0 Å². The van der Waals surface area contributed by atoms with Gasteiger partial charge < -0.3 is 5.11 Å². The highest BCUT2D eigenvalue weighted by Crippen LogP contribution is 2.39. The van der Waals surface area contributed by atoms with Crippen LogP contribution < -0.4 is 0 Å². The lowest BCUT2D eigenvalue weighted by atomic mass is 9.95. The minimum atomic E-state index is -0.665. The third-order valence-corrected chi connectivity index (χ3v) is 4.96. The monoisotopic (exact) mass is 289 g/mol. The van der Waals surface area contributed by atoms with Gasteiger partial charge >= 0.3 is 0 Å². The standard InChI is InChI=1S/C11H16BrNOS/c1-8-3-2-5-11(14,6-4-8)10-13-9(12)7-15-10/h7-8,14H,2-6H2,1H3. The Kier molecular flexibility index (Phi) is 3.48. The van der Waals surface area contributed by atoms with Crippen molar-refractivity contribution in [2.75, 3.05) is 0 Å². The molecule has 2 atom stereocenters. The SMILES string of the molecule is CC1CCCC(O)(c2nc(Br)cs2)CC1. The summed E-state index contributed by atoms with van der Waals surface area (Å²) in [4.78, 5) is 4.36. The zero-order chi connectivity index (χ0) is 10.9. The molecular formula is C11H16BrNOS. The van der Waals surface area contributed by atoms with Gasteiger partial charge in [-0.1, -0.05) is 13.3 Å². The first kappa shape index (κ1) is 11.6. The van der Waals surface area contributed by atoms with Crippen LogP contribution in [0.2, 0.25) is 0 Å². The third kappa shape index (κ3) is 2.60. The zero-order valence-electron chi connectivity index (χ0n) is 8.87. The smallest absolute Gasteiger partial charge is 0.126 e. The summed E-state index contributed by atoms with van der Waals surface area (Å²) < 4.78 is 0.841. The van der Waals surface area contributed by atoms with Crippen LogP contribution in [-0.4, -0.2) is 10.1 Å². The Morgan fingerprint density at radius 1 is 1.53 bits per heavy atom. The molecule has 2 rings (SSSR count). The predicted octanol–water partition coefficient (Wildman–Crippen LogP) is 3.69. The van der Waals surface area contributed by atoms with Crippen molar-refractivity contribution in [2.24, 2.45) is 5.92 Å². The zero-order valence-corrected chi connectivity index (χ0v) is 11.3. The van der Waals surface area contributed by atoms with Crippen LogP contribution in [0.1, 0.15) is 44.0 Å². The fraction of sp³-hybridized carbons (Fsp3) is 0.727. The van der Waals surface area contributed by atoms with E-state index in [1.165, 1.54) is 6.42 Å². The molecule has 1 heterocycles. The quantitative estimate of drug-likeness (QED) is 0.800. The lowest BCUT2D eigenvalue weighted by Crippen LogP contribution is -2.24. The van der Waals surface area contributed by atoms with Gasteiger partial charge in [-0.05, 0) is 47.5 Å². The summed E-state index contributed by atoms with van der Waals surface area (Å²) in [5, 5.41) is 13.4. The van der Waals surface area contributed by atoms with E-state index in [9.17, 15) is 5.11 Å². The molecule has 84 valence electrons. The molecule has 1 aliphatic rings. The van der Waals surface area contributed by atoms with Gasteiger partial charge in [-0.15, -0.1) is 11.3 Å². The number of rotatable bonds is 1. The summed E-state index contributed by atoms with van der Waals surface area (Å²) in [6, 6.07) is 0. The summed E-state index contributed by atoms with van der Waals surface area (Å²) in [6.07, 6.45) is 5.16. The highest BCUT2D eigenvalue weighted by Gasteiger charge is 2.34. The molecule has 4 heteroatoms. The number of hydrogen-bond donors (Lipinski definition) is 1. The van der Waals surface area contributed by atoms with Crippen LogP contribution in [0.3, 0.4) is 0 Å². The highest BCUT2D eigenvalue weighted by atomic mass is 79.9. The predicted molar refractivity (Wildman–Crippen MR) is 66.0 cm³/mol. The van der Waals surface area contributed by atoms with Crippen molar-refractivity contribution >= 4 is 27.3 Å². The molecule has 0 amide bonds. The lowest BCUT2D eigenvalue weighted by Gasteiger charge is -2.23. The van der Waals surface area contributed by atoms with Crippen LogP contribution >= 0.6 is 27.3 Å². The second kappa shape index (κ2) is 4.52. The maximum absolute atomic E-state index is 10.6. The minimum Gasteiger partial charge on any atom is -0.383 e. The van der Waals surface area contributed by atoms with E-state index in [2.05, 4.69) is 27.8 Å². The molecule has 1 N–H and O–H groups in total. The summed E-state index contributed by atoms with van der Waals surface area (Å²) in [7, 11) is 0. The van der Waals surface area contributed by atoms with Crippen molar-refractivity contribution < 1.29 is 5.11 Å². The molecule has 1 saturated carbocycles. The van der Waals surface area contributed by atoms with Crippen LogP contribution in [0.25, 0.3) is 0 Å². The highest BCUT2D eigenvalue weighted by molar-refractivity contribution is 9.10. The molecule has 0 aromatic carbocycles. The van der Waals surface area contributed by atoms with E-state index in [-0.39, 0.29) is 0 Å². The topological polar surface area (TPSA) is 33.1 Å². The van der Waals surface area contributed by atoms with Gasteiger partial charge in [-0.2, -0.15) is 0 Å². The number of aliphatic hydroxyl groups is 1. The van der Waals surface area contributed by atoms with Crippen LogP contribution in [-0.2, 0) is 5.60 Å². The summed E-state index contributed by atoms with van der Waals surface area (Å²) in [5.74, 6) is 0.738. The van der Waals surface area contributed by atoms with Crippen LogP contribution in [0, 0.1) is 5.92 Å². The van der Waals surface area contributed by atoms with Crippen molar-refractivity contribution in [1.29, 1.82) is 0 Å². The molecule has 0 spiro atoms. The summed E-state index contributed by atoms with van der Waals surface area (Å²) in [6.45, 7) is 2.27. The molecule has 2 nitrogen and oxygen atoms in total. The van der Waals surface area contributed by atoms with Crippen molar-refractivity contribution in [1.82, 2.24) is 4.98 Å². The third-order valence-electron chi connectivity index (χ3n) is 3.21. The van der Waals surface area contributed by atoms with Crippen molar-refractivity contribution in [2.45, 2.75) is 44.6 Å². The molecule has 15 heavy (non-hydrogen) atoms. The number of thiazole rings is 1. The van der Waals surface area contributed by atoms with E-state index in [1.807, 2.05) is 5.38 Å². The molecule has 1 aromatic heterocycles. The van der Waals surface area contributed by atoms with Gasteiger partial charge in [-0.3, -0.25) is 0 Å². The summed E-state index contributed by atoms with van der Waals surface area (Å²) >= 11 is 4.90. The largest absolute Gasteiger partial charge is 0.383 e.